The first-order chi connectivity index (χ1) is 8.95. The Kier molecular flexibility index (Phi) is 3.76. The van der Waals surface area contributed by atoms with Crippen LogP contribution in [0.3, 0.4) is 0 Å². The summed E-state index contributed by atoms with van der Waals surface area (Å²) in [6.07, 6.45) is 0. The van der Waals surface area contributed by atoms with Crippen molar-refractivity contribution in [3.8, 4) is 11.5 Å². The van der Waals surface area contributed by atoms with Gasteiger partial charge in [-0.2, -0.15) is 0 Å². The van der Waals surface area contributed by atoms with E-state index in [2.05, 4.69) is 21.2 Å². The van der Waals surface area contributed by atoms with E-state index in [1.165, 1.54) is 18.2 Å². The van der Waals surface area contributed by atoms with Gasteiger partial charge in [0.25, 0.3) is 5.91 Å². The van der Waals surface area contributed by atoms with Crippen molar-refractivity contribution in [3.05, 3.63) is 52.0 Å². The number of halogens is 1. The van der Waals surface area contributed by atoms with Crippen LogP contribution in [-0.4, -0.2) is 16.1 Å². The van der Waals surface area contributed by atoms with Gasteiger partial charge in [0.05, 0.1) is 5.69 Å². The minimum Gasteiger partial charge on any atom is -0.508 e. The van der Waals surface area contributed by atoms with Gasteiger partial charge in [-0.3, -0.25) is 4.79 Å². The van der Waals surface area contributed by atoms with Crippen LogP contribution in [0, 0.1) is 6.92 Å². The standard InChI is InChI=1S/C14H12BrNO3/c1-8-2-3-13(12(15)4-8)16-14(19)9-5-10(17)7-11(18)6-9/h2-7,17-18H,1H3,(H,16,19). The Labute approximate surface area is 118 Å². The van der Waals surface area contributed by atoms with Crippen molar-refractivity contribution >= 4 is 27.5 Å². The number of amides is 1. The molecule has 0 aliphatic rings. The Morgan fingerprint density at radius 1 is 1.11 bits per heavy atom. The molecule has 0 unspecified atom stereocenters. The van der Waals surface area contributed by atoms with Gasteiger partial charge in [-0.25, -0.2) is 0 Å². The molecule has 0 fully saturated rings. The lowest BCUT2D eigenvalue weighted by atomic mass is 10.1. The molecule has 0 heterocycles. The third-order valence-corrected chi connectivity index (χ3v) is 3.19. The van der Waals surface area contributed by atoms with Crippen LogP contribution in [-0.2, 0) is 0 Å². The van der Waals surface area contributed by atoms with Crippen molar-refractivity contribution < 1.29 is 15.0 Å². The summed E-state index contributed by atoms with van der Waals surface area (Å²) in [5, 5.41) is 21.4. The van der Waals surface area contributed by atoms with Gasteiger partial charge in [-0.05, 0) is 52.7 Å². The number of aromatic hydroxyl groups is 2. The van der Waals surface area contributed by atoms with E-state index < -0.39 is 5.91 Å². The highest BCUT2D eigenvalue weighted by atomic mass is 79.9. The molecular weight excluding hydrogens is 310 g/mol. The summed E-state index contributed by atoms with van der Waals surface area (Å²) in [5.74, 6) is -0.725. The molecule has 0 aliphatic carbocycles. The highest BCUT2D eigenvalue weighted by Crippen LogP contribution is 2.25. The molecule has 2 aromatic carbocycles. The molecule has 2 aromatic rings. The lowest BCUT2D eigenvalue weighted by molar-refractivity contribution is 0.102. The second kappa shape index (κ2) is 5.32. The van der Waals surface area contributed by atoms with Crippen LogP contribution in [0.1, 0.15) is 15.9 Å². The molecule has 0 spiro atoms. The SMILES string of the molecule is Cc1ccc(NC(=O)c2cc(O)cc(O)c2)c(Br)c1. The molecule has 0 aliphatic heterocycles. The lowest BCUT2D eigenvalue weighted by Crippen LogP contribution is -2.12. The molecule has 1 amide bonds. The molecule has 0 aromatic heterocycles. The fourth-order valence-electron chi connectivity index (χ4n) is 1.64. The number of hydrogen-bond acceptors (Lipinski definition) is 3. The summed E-state index contributed by atoms with van der Waals surface area (Å²) in [6, 6.07) is 9.28. The van der Waals surface area contributed by atoms with Crippen LogP contribution >= 0.6 is 15.9 Å². The minimum absolute atomic E-state index is 0.159. The number of carbonyl (C=O) groups excluding carboxylic acids is 1. The van der Waals surface area contributed by atoms with Crippen molar-refractivity contribution in [2.24, 2.45) is 0 Å². The molecular formula is C14H12BrNO3. The topological polar surface area (TPSA) is 69.6 Å². The highest BCUT2D eigenvalue weighted by molar-refractivity contribution is 9.10. The van der Waals surface area contributed by atoms with Gasteiger partial charge in [0, 0.05) is 16.1 Å². The molecule has 5 heteroatoms. The first-order valence-electron chi connectivity index (χ1n) is 5.56. The number of benzene rings is 2. The van der Waals surface area contributed by atoms with E-state index in [-0.39, 0.29) is 17.1 Å². The zero-order chi connectivity index (χ0) is 14.0. The fraction of sp³-hybridized carbons (Fsp3) is 0.0714. The normalized spacial score (nSPS) is 10.2. The molecule has 4 nitrogen and oxygen atoms in total. The van der Waals surface area contributed by atoms with Gasteiger partial charge >= 0.3 is 0 Å². The number of carbonyl (C=O) groups is 1. The predicted octanol–water partition coefficient (Wildman–Crippen LogP) is 3.42. The molecule has 0 radical (unpaired) electrons. The smallest absolute Gasteiger partial charge is 0.255 e. The zero-order valence-corrected chi connectivity index (χ0v) is 11.7. The summed E-state index contributed by atoms with van der Waals surface area (Å²) in [7, 11) is 0. The van der Waals surface area contributed by atoms with Gasteiger partial charge in [-0.15, -0.1) is 0 Å². The number of aryl methyl sites for hydroxylation is 1. The van der Waals surface area contributed by atoms with Crippen molar-refractivity contribution in [2.75, 3.05) is 5.32 Å². The quantitative estimate of drug-likeness (QED) is 0.793. The van der Waals surface area contributed by atoms with E-state index in [1.807, 2.05) is 19.1 Å². The Morgan fingerprint density at radius 3 is 2.32 bits per heavy atom. The fourth-order valence-corrected chi connectivity index (χ4v) is 2.23. The first kappa shape index (κ1) is 13.4. The maximum absolute atomic E-state index is 12.0. The molecule has 2 rings (SSSR count). The second-order valence-corrected chi connectivity index (χ2v) is 5.03. The van der Waals surface area contributed by atoms with Crippen LogP contribution in [0.2, 0.25) is 0 Å². The van der Waals surface area contributed by atoms with Crippen molar-refractivity contribution in [2.45, 2.75) is 6.92 Å². The van der Waals surface area contributed by atoms with Crippen molar-refractivity contribution in [3.63, 3.8) is 0 Å². The van der Waals surface area contributed by atoms with Gasteiger partial charge in [0.2, 0.25) is 0 Å². The van der Waals surface area contributed by atoms with E-state index >= 15 is 0 Å². The molecule has 0 atom stereocenters. The summed E-state index contributed by atoms with van der Waals surface area (Å²) in [5.41, 5.74) is 1.88. The van der Waals surface area contributed by atoms with Gasteiger partial charge in [-0.1, -0.05) is 6.07 Å². The summed E-state index contributed by atoms with van der Waals surface area (Å²) < 4.78 is 0.769. The monoisotopic (exact) mass is 321 g/mol. The maximum Gasteiger partial charge on any atom is 0.255 e. The van der Waals surface area contributed by atoms with E-state index in [1.54, 1.807) is 6.07 Å². The maximum atomic E-state index is 12.0. The number of hydrogen-bond donors (Lipinski definition) is 3. The molecule has 0 saturated heterocycles. The Morgan fingerprint density at radius 2 is 1.74 bits per heavy atom. The van der Waals surface area contributed by atoms with E-state index in [0.29, 0.717) is 5.69 Å². The third kappa shape index (κ3) is 3.26. The van der Waals surface area contributed by atoms with Crippen LogP contribution in [0.5, 0.6) is 11.5 Å². The third-order valence-electron chi connectivity index (χ3n) is 2.54. The van der Waals surface area contributed by atoms with Gasteiger partial charge in [0.15, 0.2) is 0 Å². The number of anilines is 1. The van der Waals surface area contributed by atoms with E-state index in [9.17, 15) is 15.0 Å². The summed E-state index contributed by atoms with van der Waals surface area (Å²) in [6.45, 7) is 1.95. The van der Waals surface area contributed by atoms with E-state index in [0.717, 1.165) is 10.0 Å². The average Bonchev–Trinajstić information content (AvgIpc) is 2.31. The van der Waals surface area contributed by atoms with Crippen molar-refractivity contribution in [1.82, 2.24) is 0 Å². The second-order valence-electron chi connectivity index (χ2n) is 4.18. The van der Waals surface area contributed by atoms with Crippen LogP contribution in [0.25, 0.3) is 0 Å². The van der Waals surface area contributed by atoms with E-state index in [4.69, 9.17) is 0 Å². The molecule has 0 saturated carbocycles. The number of phenols is 2. The van der Waals surface area contributed by atoms with Crippen LogP contribution < -0.4 is 5.32 Å². The molecule has 19 heavy (non-hydrogen) atoms. The Hall–Kier alpha value is -2.01. The number of rotatable bonds is 2. The molecule has 0 bridgehead atoms. The predicted molar refractivity (Wildman–Crippen MR) is 76.6 cm³/mol. The first-order valence-corrected chi connectivity index (χ1v) is 6.35. The Bertz CT molecular complexity index is 620. The highest BCUT2D eigenvalue weighted by Gasteiger charge is 2.10. The number of nitrogens with one attached hydrogen (secondary N) is 1. The number of phenolic OH excluding ortho intramolecular Hbond substituents is 2. The zero-order valence-electron chi connectivity index (χ0n) is 10.1. The van der Waals surface area contributed by atoms with Crippen LogP contribution in [0.15, 0.2) is 40.9 Å². The lowest BCUT2D eigenvalue weighted by Gasteiger charge is -2.08. The summed E-state index contributed by atoms with van der Waals surface area (Å²) >= 11 is 3.36. The largest absolute Gasteiger partial charge is 0.508 e. The van der Waals surface area contributed by atoms with Crippen LogP contribution in [0.4, 0.5) is 5.69 Å². The Balaban J connectivity index is 2.25. The minimum atomic E-state index is -0.407. The van der Waals surface area contributed by atoms with Gasteiger partial charge in [0.1, 0.15) is 11.5 Å². The van der Waals surface area contributed by atoms with Crippen molar-refractivity contribution in [1.29, 1.82) is 0 Å². The van der Waals surface area contributed by atoms with Gasteiger partial charge < -0.3 is 15.5 Å². The summed E-state index contributed by atoms with van der Waals surface area (Å²) in [4.78, 5) is 12.0. The average molecular weight is 322 g/mol. The molecule has 98 valence electrons. The molecule has 3 N–H and O–H groups in total.